The van der Waals surface area contributed by atoms with Crippen LogP contribution in [0.15, 0.2) is 42.4 Å². The maximum absolute atomic E-state index is 12.7. The largest absolute Gasteiger partial charge is 0.367 e. The van der Waals surface area contributed by atoms with Gasteiger partial charge in [0.1, 0.15) is 11.3 Å². The number of hydrogen-bond donors (Lipinski definition) is 1. The van der Waals surface area contributed by atoms with Gasteiger partial charge in [-0.1, -0.05) is 0 Å². The molecule has 1 N–H and O–H groups in total. The van der Waals surface area contributed by atoms with Crippen molar-refractivity contribution in [2.75, 3.05) is 5.32 Å². The molecule has 0 aliphatic heterocycles. The molecule has 7 nitrogen and oxygen atoms in total. The van der Waals surface area contributed by atoms with Crippen LogP contribution < -0.4 is 5.32 Å². The Hall–Kier alpha value is -2.58. The first-order valence-corrected chi connectivity index (χ1v) is 9.57. The molecule has 27 heavy (non-hydrogen) atoms. The molecule has 0 saturated heterocycles. The number of nitrogens with zero attached hydrogens (tertiary/aromatic N) is 4. The normalized spacial score (nSPS) is 11.7. The predicted molar refractivity (Wildman–Crippen MR) is 105 cm³/mol. The van der Waals surface area contributed by atoms with Crippen molar-refractivity contribution in [3.8, 4) is 0 Å². The number of carbonyl (C=O) groups excluding carboxylic acids is 1. The molecule has 3 aromatic rings. The van der Waals surface area contributed by atoms with E-state index in [1.54, 1.807) is 29.5 Å². The van der Waals surface area contributed by atoms with E-state index in [-0.39, 0.29) is 12.0 Å². The van der Waals surface area contributed by atoms with Gasteiger partial charge in [0.15, 0.2) is 5.13 Å². The van der Waals surface area contributed by atoms with Crippen LogP contribution in [0.4, 0.5) is 5.13 Å². The molecule has 142 valence electrons. The fraction of sp³-hybridized carbons (Fsp3) is 0.368. The first kappa shape index (κ1) is 19.2. The van der Waals surface area contributed by atoms with E-state index < -0.39 is 5.60 Å². The Bertz CT molecular complexity index is 902. The number of ether oxygens (including phenoxy) is 1. The zero-order valence-electron chi connectivity index (χ0n) is 15.8. The average molecular weight is 385 g/mol. The minimum Gasteiger partial charge on any atom is -0.367 e. The Kier molecular flexibility index (Phi) is 5.67. The summed E-state index contributed by atoms with van der Waals surface area (Å²) in [5.41, 5.74) is 1.79. The van der Waals surface area contributed by atoms with Crippen LogP contribution in [0.2, 0.25) is 0 Å². The SMILES string of the molecule is CC(C)OC(C)(C)c1csc(NC(=O)c2cncn2Cc2ccncc2)n1. The van der Waals surface area contributed by atoms with Crippen molar-refractivity contribution in [2.24, 2.45) is 0 Å². The first-order valence-electron chi connectivity index (χ1n) is 8.69. The summed E-state index contributed by atoms with van der Waals surface area (Å²) in [6.07, 6.45) is 6.73. The number of hydrogen-bond acceptors (Lipinski definition) is 6. The van der Waals surface area contributed by atoms with E-state index in [9.17, 15) is 4.79 Å². The molecule has 0 aromatic carbocycles. The van der Waals surface area contributed by atoms with Crippen LogP contribution in [-0.4, -0.2) is 31.5 Å². The standard InChI is InChI=1S/C19H23N5O2S/c1-13(2)26-19(3,4)16-11-27-18(22-16)23-17(25)15-9-21-12-24(15)10-14-5-7-20-8-6-14/h5-9,11-13H,10H2,1-4H3,(H,22,23,25). The van der Waals surface area contributed by atoms with Gasteiger partial charge in [-0.2, -0.15) is 0 Å². The fourth-order valence-electron chi connectivity index (χ4n) is 2.74. The van der Waals surface area contributed by atoms with E-state index in [4.69, 9.17) is 4.74 Å². The molecule has 3 rings (SSSR count). The summed E-state index contributed by atoms with van der Waals surface area (Å²) in [5.74, 6) is -0.245. The minimum absolute atomic E-state index is 0.0854. The summed E-state index contributed by atoms with van der Waals surface area (Å²) in [6, 6.07) is 3.82. The van der Waals surface area contributed by atoms with E-state index >= 15 is 0 Å². The van der Waals surface area contributed by atoms with Gasteiger partial charge < -0.3 is 9.30 Å². The second-order valence-electron chi connectivity index (χ2n) is 6.93. The van der Waals surface area contributed by atoms with E-state index in [0.717, 1.165) is 11.3 Å². The summed E-state index contributed by atoms with van der Waals surface area (Å²) in [6.45, 7) is 8.46. The lowest BCUT2D eigenvalue weighted by Crippen LogP contribution is -2.26. The smallest absolute Gasteiger partial charge is 0.275 e. The van der Waals surface area contributed by atoms with Crippen molar-refractivity contribution in [2.45, 2.75) is 45.9 Å². The lowest BCUT2D eigenvalue weighted by molar-refractivity contribution is -0.0623. The molecule has 0 aliphatic carbocycles. The van der Waals surface area contributed by atoms with E-state index in [0.29, 0.717) is 17.4 Å². The van der Waals surface area contributed by atoms with Gasteiger partial charge in [-0.15, -0.1) is 11.3 Å². The average Bonchev–Trinajstić information content (AvgIpc) is 3.24. The highest BCUT2D eigenvalue weighted by Gasteiger charge is 2.26. The Morgan fingerprint density at radius 1 is 1.30 bits per heavy atom. The molecule has 0 saturated carbocycles. The van der Waals surface area contributed by atoms with Crippen molar-refractivity contribution in [3.05, 3.63) is 59.4 Å². The molecule has 3 aromatic heterocycles. The van der Waals surface area contributed by atoms with Gasteiger partial charge in [0.2, 0.25) is 0 Å². The van der Waals surface area contributed by atoms with Gasteiger partial charge in [0, 0.05) is 24.3 Å². The lowest BCUT2D eigenvalue weighted by Gasteiger charge is -2.25. The summed E-state index contributed by atoms with van der Waals surface area (Å²) >= 11 is 1.38. The molecule has 0 bridgehead atoms. The molecule has 0 unspecified atom stereocenters. The van der Waals surface area contributed by atoms with Crippen LogP contribution in [-0.2, 0) is 16.9 Å². The number of carbonyl (C=O) groups is 1. The van der Waals surface area contributed by atoms with Gasteiger partial charge in [0.05, 0.1) is 24.3 Å². The Labute approximate surface area is 162 Å². The summed E-state index contributed by atoms with van der Waals surface area (Å²) in [7, 11) is 0. The first-order chi connectivity index (χ1) is 12.8. The third-order valence-electron chi connectivity index (χ3n) is 3.92. The zero-order chi connectivity index (χ0) is 19.4. The van der Waals surface area contributed by atoms with Crippen molar-refractivity contribution in [3.63, 3.8) is 0 Å². The van der Waals surface area contributed by atoms with Crippen molar-refractivity contribution in [1.82, 2.24) is 19.5 Å². The fourth-order valence-corrected chi connectivity index (χ4v) is 3.60. The second kappa shape index (κ2) is 7.98. The number of imidazole rings is 1. The van der Waals surface area contributed by atoms with Gasteiger partial charge >= 0.3 is 0 Å². The molecule has 0 aliphatic rings. The molecular formula is C19H23N5O2S. The number of anilines is 1. The summed E-state index contributed by atoms with van der Waals surface area (Å²) in [4.78, 5) is 25.3. The summed E-state index contributed by atoms with van der Waals surface area (Å²) < 4.78 is 7.71. The van der Waals surface area contributed by atoms with Crippen molar-refractivity contribution < 1.29 is 9.53 Å². The van der Waals surface area contributed by atoms with Crippen LogP contribution in [0, 0.1) is 0 Å². The number of amides is 1. The molecule has 1 amide bonds. The number of nitrogens with one attached hydrogen (secondary N) is 1. The quantitative estimate of drug-likeness (QED) is 0.671. The van der Waals surface area contributed by atoms with E-state index in [2.05, 4.69) is 20.3 Å². The molecule has 0 radical (unpaired) electrons. The van der Waals surface area contributed by atoms with Gasteiger partial charge in [-0.25, -0.2) is 9.97 Å². The van der Waals surface area contributed by atoms with Crippen LogP contribution >= 0.6 is 11.3 Å². The van der Waals surface area contributed by atoms with E-state index in [1.165, 1.54) is 11.3 Å². The third-order valence-corrected chi connectivity index (χ3v) is 4.68. The molecule has 0 atom stereocenters. The van der Waals surface area contributed by atoms with Crippen LogP contribution in [0.1, 0.15) is 49.4 Å². The highest BCUT2D eigenvalue weighted by Crippen LogP contribution is 2.29. The topological polar surface area (TPSA) is 81.9 Å². The Balaban J connectivity index is 1.71. The molecule has 3 heterocycles. The summed E-state index contributed by atoms with van der Waals surface area (Å²) in [5, 5.41) is 5.30. The molecular weight excluding hydrogens is 362 g/mol. The van der Waals surface area contributed by atoms with Crippen LogP contribution in [0.5, 0.6) is 0 Å². The highest BCUT2D eigenvalue weighted by atomic mass is 32.1. The zero-order valence-corrected chi connectivity index (χ0v) is 16.7. The monoisotopic (exact) mass is 385 g/mol. The Morgan fingerprint density at radius 2 is 2.04 bits per heavy atom. The Morgan fingerprint density at radius 3 is 2.74 bits per heavy atom. The van der Waals surface area contributed by atoms with Gasteiger partial charge in [-0.05, 0) is 45.4 Å². The maximum atomic E-state index is 12.7. The number of rotatable bonds is 7. The van der Waals surface area contributed by atoms with Gasteiger partial charge in [-0.3, -0.25) is 15.1 Å². The number of thiazole rings is 1. The molecule has 0 spiro atoms. The highest BCUT2D eigenvalue weighted by molar-refractivity contribution is 7.14. The minimum atomic E-state index is -0.517. The number of pyridine rings is 1. The predicted octanol–water partition coefficient (Wildman–Crippen LogP) is 3.70. The van der Waals surface area contributed by atoms with Gasteiger partial charge in [0.25, 0.3) is 5.91 Å². The van der Waals surface area contributed by atoms with E-state index in [1.807, 2.05) is 45.2 Å². The third kappa shape index (κ3) is 4.78. The van der Waals surface area contributed by atoms with Crippen molar-refractivity contribution >= 4 is 22.4 Å². The molecule has 8 heteroatoms. The number of aromatic nitrogens is 4. The lowest BCUT2D eigenvalue weighted by atomic mass is 10.1. The van der Waals surface area contributed by atoms with Crippen LogP contribution in [0.25, 0.3) is 0 Å². The van der Waals surface area contributed by atoms with Crippen LogP contribution in [0.3, 0.4) is 0 Å². The second-order valence-corrected chi connectivity index (χ2v) is 7.79. The molecule has 0 fully saturated rings. The van der Waals surface area contributed by atoms with Crippen molar-refractivity contribution in [1.29, 1.82) is 0 Å². The maximum Gasteiger partial charge on any atom is 0.275 e.